The fourth-order valence-corrected chi connectivity index (χ4v) is 2.97. The van der Waals surface area contributed by atoms with Crippen LogP contribution in [-0.4, -0.2) is 15.7 Å². The SMILES string of the molecule is CCCC(CC)c1ccccc1NC(=O)c1c(C)nn(C)c1F. The van der Waals surface area contributed by atoms with Crippen molar-refractivity contribution >= 4 is 11.6 Å². The molecule has 5 heteroatoms. The lowest BCUT2D eigenvalue weighted by atomic mass is 9.91. The van der Waals surface area contributed by atoms with Crippen LogP contribution in [0.25, 0.3) is 0 Å². The Kier molecular flexibility index (Phi) is 5.53. The average molecular weight is 317 g/mol. The van der Waals surface area contributed by atoms with Gasteiger partial charge >= 0.3 is 0 Å². The molecule has 0 spiro atoms. The van der Waals surface area contributed by atoms with Crippen molar-refractivity contribution in [2.24, 2.45) is 7.05 Å². The summed E-state index contributed by atoms with van der Waals surface area (Å²) in [6.45, 7) is 5.93. The first kappa shape index (κ1) is 17.2. The minimum atomic E-state index is -0.613. The largest absolute Gasteiger partial charge is 0.322 e. The number of anilines is 1. The highest BCUT2D eigenvalue weighted by Crippen LogP contribution is 2.31. The predicted molar refractivity (Wildman–Crippen MR) is 90.2 cm³/mol. The first-order valence-electron chi connectivity index (χ1n) is 8.08. The third kappa shape index (κ3) is 3.60. The first-order chi connectivity index (χ1) is 11.0. The van der Waals surface area contributed by atoms with Crippen LogP contribution >= 0.6 is 0 Å². The topological polar surface area (TPSA) is 46.9 Å². The molecule has 4 nitrogen and oxygen atoms in total. The molecule has 1 amide bonds. The fourth-order valence-electron chi connectivity index (χ4n) is 2.97. The predicted octanol–water partition coefficient (Wildman–Crippen LogP) is 4.41. The van der Waals surface area contributed by atoms with Gasteiger partial charge in [0.25, 0.3) is 5.91 Å². The average Bonchev–Trinajstić information content (AvgIpc) is 2.78. The molecule has 0 aliphatic heterocycles. The number of rotatable bonds is 6. The Balaban J connectivity index is 2.31. The lowest BCUT2D eigenvalue weighted by molar-refractivity contribution is 0.102. The van der Waals surface area contributed by atoms with Gasteiger partial charge in [-0.25, -0.2) is 4.68 Å². The standard InChI is InChI=1S/C18H24FN3O/c1-5-9-13(6-2)14-10-7-8-11-15(14)20-18(23)16-12(3)21-22(4)17(16)19/h7-8,10-11,13H,5-6,9H2,1-4H3,(H,20,23). The normalized spacial score (nSPS) is 12.2. The molecule has 0 saturated heterocycles. The summed E-state index contributed by atoms with van der Waals surface area (Å²) in [7, 11) is 1.49. The summed E-state index contributed by atoms with van der Waals surface area (Å²) < 4.78 is 15.1. The molecule has 0 saturated carbocycles. The van der Waals surface area contributed by atoms with Gasteiger partial charge < -0.3 is 5.32 Å². The van der Waals surface area contributed by atoms with E-state index in [0.29, 0.717) is 11.6 Å². The second kappa shape index (κ2) is 7.40. The minimum Gasteiger partial charge on any atom is -0.322 e. The number of aryl methyl sites for hydroxylation is 2. The number of para-hydroxylation sites is 1. The van der Waals surface area contributed by atoms with Gasteiger partial charge in [0.15, 0.2) is 0 Å². The summed E-state index contributed by atoms with van der Waals surface area (Å²) in [6.07, 6.45) is 3.14. The number of halogens is 1. The van der Waals surface area contributed by atoms with Gasteiger partial charge in [-0.3, -0.25) is 4.79 Å². The summed E-state index contributed by atoms with van der Waals surface area (Å²) in [5, 5.41) is 6.82. The van der Waals surface area contributed by atoms with Gasteiger partial charge in [0.05, 0.1) is 5.69 Å². The van der Waals surface area contributed by atoms with Crippen molar-refractivity contribution in [3.05, 3.63) is 47.0 Å². The fraction of sp³-hybridized carbons (Fsp3) is 0.444. The third-order valence-electron chi connectivity index (χ3n) is 4.16. The van der Waals surface area contributed by atoms with E-state index in [2.05, 4.69) is 24.3 Å². The Hall–Kier alpha value is -2.17. The van der Waals surface area contributed by atoms with E-state index in [4.69, 9.17) is 0 Å². The lowest BCUT2D eigenvalue weighted by Crippen LogP contribution is -2.16. The number of aromatic nitrogens is 2. The molecule has 2 rings (SSSR count). The van der Waals surface area contributed by atoms with Gasteiger partial charge in [0, 0.05) is 12.7 Å². The van der Waals surface area contributed by atoms with E-state index in [9.17, 15) is 9.18 Å². The molecule has 0 aliphatic carbocycles. The quantitative estimate of drug-likeness (QED) is 0.857. The molecule has 2 aromatic rings. The summed E-state index contributed by atoms with van der Waals surface area (Å²) in [5.74, 6) is -0.679. The molecular formula is C18H24FN3O. The van der Waals surface area contributed by atoms with Gasteiger partial charge in [0.1, 0.15) is 5.56 Å². The molecular weight excluding hydrogens is 293 g/mol. The Morgan fingerprint density at radius 3 is 2.61 bits per heavy atom. The molecule has 1 heterocycles. The van der Waals surface area contributed by atoms with Crippen molar-refractivity contribution in [3.8, 4) is 0 Å². The first-order valence-corrected chi connectivity index (χ1v) is 8.08. The number of carbonyl (C=O) groups is 1. The van der Waals surface area contributed by atoms with Gasteiger partial charge in [-0.2, -0.15) is 9.49 Å². The molecule has 1 N–H and O–H groups in total. The molecule has 1 aromatic heterocycles. The highest BCUT2D eigenvalue weighted by atomic mass is 19.1. The molecule has 1 atom stereocenters. The van der Waals surface area contributed by atoms with Crippen LogP contribution in [-0.2, 0) is 7.05 Å². The number of carbonyl (C=O) groups excluding carboxylic acids is 1. The zero-order valence-electron chi connectivity index (χ0n) is 14.2. The van der Waals surface area contributed by atoms with Crippen LogP contribution < -0.4 is 5.32 Å². The minimum absolute atomic E-state index is 0.00541. The number of nitrogens with zero attached hydrogens (tertiary/aromatic N) is 2. The highest BCUT2D eigenvalue weighted by Gasteiger charge is 2.22. The van der Waals surface area contributed by atoms with Gasteiger partial charge in [-0.15, -0.1) is 0 Å². The van der Waals surface area contributed by atoms with E-state index in [1.807, 2.05) is 24.3 Å². The second-order valence-electron chi connectivity index (χ2n) is 5.81. The van der Waals surface area contributed by atoms with E-state index in [1.165, 1.54) is 7.05 Å². The van der Waals surface area contributed by atoms with Crippen molar-refractivity contribution < 1.29 is 9.18 Å². The summed E-state index contributed by atoms with van der Waals surface area (Å²) in [6, 6.07) is 7.75. The zero-order valence-corrected chi connectivity index (χ0v) is 14.2. The van der Waals surface area contributed by atoms with Crippen LogP contribution in [0.2, 0.25) is 0 Å². The summed E-state index contributed by atoms with van der Waals surface area (Å²) in [4.78, 5) is 12.5. The van der Waals surface area contributed by atoms with E-state index in [1.54, 1.807) is 6.92 Å². The number of amides is 1. The van der Waals surface area contributed by atoms with E-state index in [-0.39, 0.29) is 5.56 Å². The number of hydrogen-bond donors (Lipinski definition) is 1. The monoisotopic (exact) mass is 317 g/mol. The van der Waals surface area contributed by atoms with Gasteiger partial charge in [-0.1, -0.05) is 38.5 Å². The maximum absolute atomic E-state index is 14.1. The maximum atomic E-state index is 14.1. The summed E-state index contributed by atoms with van der Waals surface area (Å²) >= 11 is 0. The molecule has 0 fully saturated rings. The Morgan fingerprint density at radius 1 is 1.35 bits per heavy atom. The van der Waals surface area contributed by atoms with Crippen LogP contribution in [0, 0.1) is 12.9 Å². The van der Waals surface area contributed by atoms with E-state index < -0.39 is 11.9 Å². The van der Waals surface area contributed by atoms with Crippen LogP contribution in [0.4, 0.5) is 10.1 Å². The van der Waals surface area contributed by atoms with Crippen molar-refractivity contribution in [2.75, 3.05) is 5.32 Å². The van der Waals surface area contributed by atoms with Crippen LogP contribution in [0.15, 0.2) is 24.3 Å². The van der Waals surface area contributed by atoms with E-state index in [0.717, 1.165) is 35.2 Å². The van der Waals surface area contributed by atoms with Gasteiger partial charge in [-0.05, 0) is 37.3 Å². The molecule has 1 unspecified atom stereocenters. The smallest absolute Gasteiger partial charge is 0.262 e. The molecule has 0 bridgehead atoms. The number of nitrogens with one attached hydrogen (secondary N) is 1. The Morgan fingerprint density at radius 2 is 2.04 bits per heavy atom. The Bertz CT molecular complexity index is 694. The number of benzene rings is 1. The zero-order chi connectivity index (χ0) is 17.0. The molecule has 1 aromatic carbocycles. The number of hydrogen-bond acceptors (Lipinski definition) is 2. The van der Waals surface area contributed by atoms with Crippen molar-refractivity contribution in [2.45, 2.75) is 46.0 Å². The van der Waals surface area contributed by atoms with E-state index >= 15 is 0 Å². The van der Waals surface area contributed by atoms with Crippen LogP contribution in [0.5, 0.6) is 0 Å². The summed E-state index contributed by atoms with van der Waals surface area (Å²) in [5.41, 5.74) is 2.25. The molecule has 124 valence electrons. The molecule has 23 heavy (non-hydrogen) atoms. The lowest BCUT2D eigenvalue weighted by Gasteiger charge is -2.19. The van der Waals surface area contributed by atoms with Crippen molar-refractivity contribution in [1.29, 1.82) is 0 Å². The third-order valence-corrected chi connectivity index (χ3v) is 4.16. The molecule has 0 radical (unpaired) electrons. The van der Waals surface area contributed by atoms with Crippen molar-refractivity contribution in [1.82, 2.24) is 9.78 Å². The Labute approximate surface area is 136 Å². The maximum Gasteiger partial charge on any atom is 0.262 e. The highest BCUT2D eigenvalue weighted by molar-refractivity contribution is 6.05. The van der Waals surface area contributed by atoms with Crippen LogP contribution in [0.3, 0.4) is 0 Å². The van der Waals surface area contributed by atoms with Crippen molar-refractivity contribution in [3.63, 3.8) is 0 Å². The van der Waals surface area contributed by atoms with Crippen LogP contribution in [0.1, 0.15) is 60.6 Å². The van der Waals surface area contributed by atoms with Gasteiger partial charge in [0.2, 0.25) is 5.95 Å². The second-order valence-corrected chi connectivity index (χ2v) is 5.81. The molecule has 0 aliphatic rings.